The lowest BCUT2D eigenvalue weighted by atomic mass is 10.0. The van der Waals surface area contributed by atoms with Crippen molar-refractivity contribution in [2.45, 2.75) is 6.54 Å². The van der Waals surface area contributed by atoms with Gasteiger partial charge in [-0.2, -0.15) is 4.80 Å². The van der Waals surface area contributed by atoms with Crippen molar-refractivity contribution in [3.63, 3.8) is 0 Å². The van der Waals surface area contributed by atoms with Gasteiger partial charge in [0.15, 0.2) is 5.82 Å². The van der Waals surface area contributed by atoms with Gasteiger partial charge in [0.2, 0.25) is 0 Å². The van der Waals surface area contributed by atoms with E-state index in [1.807, 2.05) is 0 Å². The van der Waals surface area contributed by atoms with Gasteiger partial charge in [-0.15, -0.1) is 10.2 Å². The molecule has 6 heteroatoms. The molecule has 3 heterocycles. The third-order valence-electron chi connectivity index (χ3n) is 3.38. The number of aromatic nitrogens is 4. The van der Waals surface area contributed by atoms with Crippen LogP contribution in [0, 0.1) is 11.8 Å². The van der Waals surface area contributed by atoms with Crippen LogP contribution < -0.4 is 5.32 Å². The number of fused-ring (bicyclic) bond motifs is 1. The second kappa shape index (κ2) is 3.53. The lowest BCUT2D eigenvalue weighted by Crippen LogP contribution is -2.25. The molecule has 1 aromatic heterocycles. The first-order chi connectivity index (χ1) is 7.31. The standard InChI is InChI=1S/C9H16N6/c1-14-12-9(11-13-14)6-15-4-7-2-10-3-8(7)5-15/h7-8,10H,2-6H2,1H3/t7-,8+. The first kappa shape index (κ1) is 9.23. The second-order valence-electron chi connectivity index (χ2n) is 4.57. The Bertz CT molecular complexity index is 336. The molecule has 0 bridgehead atoms. The van der Waals surface area contributed by atoms with Crippen LogP contribution in [-0.4, -0.2) is 51.3 Å². The topological polar surface area (TPSA) is 58.9 Å². The number of hydrogen-bond donors (Lipinski definition) is 1. The van der Waals surface area contributed by atoms with E-state index in [9.17, 15) is 0 Å². The maximum atomic E-state index is 4.21. The molecule has 0 saturated carbocycles. The highest BCUT2D eigenvalue weighted by atomic mass is 15.6. The molecule has 2 saturated heterocycles. The van der Waals surface area contributed by atoms with Crippen LogP contribution >= 0.6 is 0 Å². The third kappa shape index (κ3) is 1.74. The predicted molar refractivity (Wildman–Crippen MR) is 53.9 cm³/mol. The average molecular weight is 208 g/mol. The van der Waals surface area contributed by atoms with Crippen LogP contribution in [0.1, 0.15) is 5.82 Å². The maximum Gasteiger partial charge on any atom is 0.188 e. The molecule has 15 heavy (non-hydrogen) atoms. The summed E-state index contributed by atoms with van der Waals surface area (Å²) in [6.45, 7) is 5.55. The summed E-state index contributed by atoms with van der Waals surface area (Å²) < 4.78 is 0. The molecule has 0 spiro atoms. The van der Waals surface area contributed by atoms with E-state index in [-0.39, 0.29) is 0 Å². The van der Waals surface area contributed by atoms with E-state index in [0.29, 0.717) is 0 Å². The summed E-state index contributed by atoms with van der Waals surface area (Å²) in [6.07, 6.45) is 0. The Labute approximate surface area is 88.6 Å². The number of rotatable bonds is 2. The maximum absolute atomic E-state index is 4.21. The summed E-state index contributed by atoms with van der Waals surface area (Å²) in [5.74, 6) is 2.51. The van der Waals surface area contributed by atoms with Gasteiger partial charge in [-0.1, -0.05) is 0 Å². The fourth-order valence-corrected chi connectivity index (χ4v) is 2.67. The van der Waals surface area contributed by atoms with Crippen LogP contribution in [0.4, 0.5) is 0 Å². The zero-order chi connectivity index (χ0) is 10.3. The molecule has 0 amide bonds. The highest BCUT2D eigenvalue weighted by Crippen LogP contribution is 2.26. The highest BCUT2D eigenvalue weighted by molar-refractivity contribution is 4.92. The van der Waals surface area contributed by atoms with Crippen LogP contribution in [0.15, 0.2) is 0 Å². The Morgan fingerprint density at radius 3 is 2.67 bits per heavy atom. The van der Waals surface area contributed by atoms with Gasteiger partial charge in [-0.3, -0.25) is 4.90 Å². The fraction of sp³-hybridized carbons (Fsp3) is 0.889. The lowest BCUT2D eigenvalue weighted by molar-refractivity contribution is 0.297. The van der Waals surface area contributed by atoms with Crippen molar-refractivity contribution in [3.05, 3.63) is 5.82 Å². The minimum atomic E-state index is 0.835. The summed E-state index contributed by atoms with van der Waals surface area (Å²) >= 11 is 0. The number of likely N-dealkylation sites (tertiary alicyclic amines) is 1. The Hall–Kier alpha value is -1.01. The van der Waals surface area contributed by atoms with Gasteiger partial charge < -0.3 is 5.32 Å². The fourth-order valence-electron chi connectivity index (χ4n) is 2.67. The molecule has 0 radical (unpaired) electrons. The number of hydrogen-bond acceptors (Lipinski definition) is 5. The number of tetrazole rings is 1. The normalized spacial score (nSPS) is 31.0. The number of nitrogens with zero attached hydrogens (tertiary/aromatic N) is 5. The molecule has 3 rings (SSSR count). The molecule has 1 aromatic rings. The van der Waals surface area contributed by atoms with Crippen molar-refractivity contribution in [2.75, 3.05) is 26.2 Å². The van der Waals surface area contributed by atoms with Gasteiger partial charge in [0.05, 0.1) is 13.6 Å². The highest BCUT2D eigenvalue weighted by Gasteiger charge is 2.36. The van der Waals surface area contributed by atoms with E-state index < -0.39 is 0 Å². The molecule has 2 aliphatic rings. The van der Waals surface area contributed by atoms with E-state index in [1.54, 1.807) is 7.05 Å². The summed E-state index contributed by atoms with van der Waals surface area (Å²) in [7, 11) is 1.80. The monoisotopic (exact) mass is 208 g/mol. The Morgan fingerprint density at radius 2 is 2.07 bits per heavy atom. The van der Waals surface area contributed by atoms with Gasteiger partial charge in [0, 0.05) is 13.1 Å². The van der Waals surface area contributed by atoms with Gasteiger partial charge >= 0.3 is 0 Å². The van der Waals surface area contributed by atoms with Crippen molar-refractivity contribution >= 4 is 0 Å². The molecule has 82 valence electrons. The lowest BCUT2D eigenvalue weighted by Gasteiger charge is -2.13. The quantitative estimate of drug-likeness (QED) is 0.666. The zero-order valence-electron chi connectivity index (χ0n) is 8.93. The predicted octanol–water partition coefficient (Wildman–Crippen LogP) is -1.14. The molecule has 6 nitrogen and oxygen atoms in total. The van der Waals surface area contributed by atoms with Crippen molar-refractivity contribution in [1.82, 2.24) is 30.4 Å². The summed E-state index contributed by atoms with van der Waals surface area (Å²) in [5, 5.41) is 15.5. The van der Waals surface area contributed by atoms with Crippen LogP contribution in [0.5, 0.6) is 0 Å². The zero-order valence-corrected chi connectivity index (χ0v) is 8.93. The molecular formula is C9H16N6. The van der Waals surface area contributed by atoms with Crippen molar-refractivity contribution in [1.29, 1.82) is 0 Å². The van der Waals surface area contributed by atoms with Gasteiger partial charge in [-0.05, 0) is 30.1 Å². The van der Waals surface area contributed by atoms with Crippen LogP contribution in [0.25, 0.3) is 0 Å². The summed E-state index contributed by atoms with van der Waals surface area (Å²) in [4.78, 5) is 3.96. The molecule has 1 N–H and O–H groups in total. The largest absolute Gasteiger partial charge is 0.316 e. The SMILES string of the molecule is Cn1nnc(CN2C[C@H]3CNC[C@H]3C2)n1. The van der Waals surface area contributed by atoms with Gasteiger partial charge in [0.1, 0.15) is 0 Å². The van der Waals surface area contributed by atoms with E-state index in [0.717, 1.165) is 24.2 Å². The van der Waals surface area contributed by atoms with Crippen LogP contribution in [0.3, 0.4) is 0 Å². The average Bonchev–Trinajstić information content (AvgIpc) is 2.81. The molecule has 2 aliphatic heterocycles. The molecule has 2 fully saturated rings. The van der Waals surface area contributed by atoms with E-state index in [1.165, 1.54) is 31.0 Å². The Morgan fingerprint density at radius 1 is 1.33 bits per heavy atom. The first-order valence-corrected chi connectivity index (χ1v) is 5.47. The Balaban J connectivity index is 1.61. The molecule has 2 atom stereocenters. The molecular weight excluding hydrogens is 192 g/mol. The third-order valence-corrected chi connectivity index (χ3v) is 3.38. The van der Waals surface area contributed by atoms with Gasteiger partial charge in [0.25, 0.3) is 0 Å². The van der Waals surface area contributed by atoms with Crippen molar-refractivity contribution < 1.29 is 0 Å². The molecule has 0 aromatic carbocycles. The minimum absolute atomic E-state index is 0.835. The van der Waals surface area contributed by atoms with Crippen molar-refractivity contribution in [2.24, 2.45) is 18.9 Å². The van der Waals surface area contributed by atoms with Crippen LogP contribution in [0.2, 0.25) is 0 Å². The minimum Gasteiger partial charge on any atom is -0.316 e. The first-order valence-electron chi connectivity index (χ1n) is 5.47. The van der Waals surface area contributed by atoms with Gasteiger partial charge in [-0.25, -0.2) is 0 Å². The molecule has 0 aliphatic carbocycles. The van der Waals surface area contributed by atoms with E-state index in [4.69, 9.17) is 0 Å². The summed E-state index contributed by atoms with van der Waals surface area (Å²) in [6, 6.07) is 0. The number of aryl methyl sites for hydroxylation is 1. The van der Waals surface area contributed by atoms with E-state index in [2.05, 4.69) is 25.6 Å². The van der Waals surface area contributed by atoms with E-state index >= 15 is 0 Å². The smallest absolute Gasteiger partial charge is 0.188 e. The van der Waals surface area contributed by atoms with Crippen molar-refractivity contribution in [3.8, 4) is 0 Å². The second-order valence-corrected chi connectivity index (χ2v) is 4.57. The summed E-state index contributed by atoms with van der Waals surface area (Å²) in [5.41, 5.74) is 0. The molecule has 0 unspecified atom stereocenters. The number of nitrogens with one attached hydrogen (secondary N) is 1. The Kier molecular flexibility index (Phi) is 2.17. The van der Waals surface area contributed by atoms with Crippen LogP contribution in [-0.2, 0) is 13.6 Å².